The Bertz CT molecular complexity index is 768. The lowest BCUT2D eigenvalue weighted by Gasteiger charge is -2.31. The van der Waals surface area contributed by atoms with Crippen LogP contribution in [0.3, 0.4) is 0 Å². The monoisotopic (exact) mass is 373 g/mol. The van der Waals surface area contributed by atoms with Crippen molar-refractivity contribution in [3.05, 3.63) is 35.9 Å². The Hall–Kier alpha value is -2.77. The summed E-state index contributed by atoms with van der Waals surface area (Å²) < 4.78 is 12.8. The number of carbonyl (C=O) groups excluding carboxylic acids is 1. The summed E-state index contributed by atoms with van der Waals surface area (Å²) in [4.78, 5) is 14.4. The summed E-state index contributed by atoms with van der Waals surface area (Å²) in [5.74, 6) is 2.74. The number of carbonyl (C=O) groups is 1. The Balaban J connectivity index is 1.51. The maximum absolute atomic E-state index is 12.5. The zero-order valence-corrected chi connectivity index (χ0v) is 16.1. The van der Waals surface area contributed by atoms with Crippen LogP contribution in [0.15, 0.2) is 24.5 Å². The molecule has 1 N–H and O–H groups in total. The minimum atomic E-state index is -0.0415. The van der Waals surface area contributed by atoms with Crippen LogP contribution in [0.25, 0.3) is 0 Å². The summed E-state index contributed by atoms with van der Waals surface area (Å²) in [6, 6.07) is 5.66. The molecule has 1 fully saturated rings. The normalized spacial score (nSPS) is 14.9. The Labute approximate surface area is 159 Å². The number of piperidine rings is 1. The van der Waals surface area contributed by atoms with E-state index in [4.69, 9.17) is 9.47 Å². The van der Waals surface area contributed by atoms with Crippen LogP contribution in [0.5, 0.6) is 11.5 Å². The molecule has 2 aromatic rings. The van der Waals surface area contributed by atoms with E-state index in [9.17, 15) is 4.79 Å². The van der Waals surface area contributed by atoms with Crippen LogP contribution in [-0.4, -0.2) is 52.5 Å². The maximum atomic E-state index is 12.5. The quantitative estimate of drug-likeness (QED) is 0.840. The van der Waals surface area contributed by atoms with Crippen LogP contribution in [-0.2, 0) is 13.6 Å². The molecule has 0 unspecified atom stereocenters. The molecule has 3 rings (SSSR count). The summed E-state index contributed by atoms with van der Waals surface area (Å²) in [6.07, 6.45) is 3.52. The van der Waals surface area contributed by atoms with Gasteiger partial charge in [0.1, 0.15) is 12.2 Å². The number of nitrogens with zero attached hydrogens (tertiary/aromatic N) is 4. The summed E-state index contributed by atoms with van der Waals surface area (Å²) in [5.41, 5.74) is 0.974. The third-order valence-electron chi connectivity index (χ3n) is 4.87. The van der Waals surface area contributed by atoms with Crippen LogP contribution >= 0.6 is 0 Å². The Morgan fingerprint density at radius 3 is 2.70 bits per heavy atom. The molecule has 1 saturated heterocycles. The van der Waals surface area contributed by atoms with Gasteiger partial charge in [0, 0.05) is 32.6 Å². The van der Waals surface area contributed by atoms with Gasteiger partial charge in [-0.15, -0.1) is 10.2 Å². The molecule has 0 spiro atoms. The number of benzene rings is 1. The van der Waals surface area contributed by atoms with Crippen molar-refractivity contribution in [1.29, 1.82) is 0 Å². The van der Waals surface area contributed by atoms with Crippen molar-refractivity contribution in [3.8, 4) is 11.5 Å². The molecule has 1 aromatic heterocycles. The first-order chi connectivity index (χ1) is 13.1. The first-order valence-corrected chi connectivity index (χ1v) is 9.28. The van der Waals surface area contributed by atoms with Crippen LogP contribution in [0.4, 0.5) is 4.79 Å². The molecule has 8 nitrogen and oxygen atoms in total. The molecule has 0 bridgehead atoms. The predicted molar refractivity (Wildman–Crippen MR) is 101 cm³/mol. The van der Waals surface area contributed by atoms with Crippen LogP contribution in [0.2, 0.25) is 0 Å². The molecule has 2 amide bonds. The van der Waals surface area contributed by atoms with E-state index in [1.807, 2.05) is 41.6 Å². The van der Waals surface area contributed by atoms with Crippen molar-refractivity contribution in [2.75, 3.05) is 26.8 Å². The molecule has 1 aliphatic heterocycles. The van der Waals surface area contributed by atoms with Gasteiger partial charge in [-0.1, -0.05) is 6.07 Å². The summed E-state index contributed by atoms with van der Waals surface area (Å²) in [7, 11) is 3.57. The van der Waals surface area contributed by atoms with Crippen molar-refractivity contribution in [3.63, 3.8) is 0 Å². The topological polar surface area (TPSA) is 81.5 Å². The molecule has 27 heavy (non-hydrogen) atoms. The number of amides is 2. The number of nitrogens with one attached hydrogen (secondary N) is 1. The molecule has 0 atom stereocenters. The van der Waals surface area contributed by atoms with Gasteiger partial charge in [0.05, 0.1) is 13.7 Å². The summed E-state index contributed by atoms with van der Waals surface area (Å²) in [5, 5.41) is 11.1. The molecule has 0 radical (unpaired) electrons. The maximum Gasteiger partial charge on any atom is 0.317 e. The van der Waals surface area contributed by atoms with Gasteiger partial charge >= 0.3 is 6.03 Å². The average Bonchev–Trinajstić information content (AvgIpc) is 3.12. The van der Waals surface area contributed by atoms with Crippen LogP contribution < -0.4 is 14.8 Å². The highest BCUT2D eigenvalue weighted by atomic mass is 16.5. The SMILES string of the molecule is CCOc1cc(CNC(=O)N2CCC(c3nncn3C)CC2)ccc1OC. The second kappa shape index (κ2) is 8.75. The van der Waals surface area contributed by atoms with E-state index in [2.05, 4.69) is 15.5 Å². The van der Waals surface area contributed by atoms with E-state index in [1.165, 1.54) is 0 Å². The second-order valence-electron chi connectivity index (χ2n) is 6.64. The third-order valence-corrected chi connectivity index (χ3v) is 4.87. The van der Waals surface area contributed by atoms with Gasteiger partial charge in [-0.25, -0.2) is 4.79 Å². The highest BCUT2D eigenvalue weighted by molar-refractivity contribution is 5.74. The third kappa shape index (κ3) is 4.50. The van der Waals surface area contributed by atoms with Crippen LogP contribution in [0, 0.1) is 0 Å². The number of ether oxygens (including phenoxy) is 2. The fourth-order valence-electron chi connectivity index (χ4n) is 3.39. The lowest BCUT2D eigenvalue weighted by Crippen LogP contribution is -2.44. The lowest BCUT2D eigenvalue weighted by molar-refractivity contribution is 0.179. The minimum absolute atomic E-state index is 0.0415. The predicted octanol–water partition coefficient (Wildman–Crippen LogP) is 2.31. The van der Waals surface area contributed by atoms with Crippen LogP contribution in [0.1, 0.15) is 37.1 Å². The van der Waals surface area contributed by atoms with E-state index < -0.39 is 0 Å². The smallest absolute Gasteiger partial charge is 0.317 e. The number of hydrogen-bond acceptors (Lipinski definition) is 5. The van der Waals surface area contributed by atoms with Crippen molar-refractivity contribution < 1.29 is 14.3 Å². The Morgan fingerprint density at radius 2 is 2.07 bits per heavy atom. The fourth-order valence-corrected chi connectivity index (χ4v) is 3.39. The number of rotatable bonds is 6. The minimum Gasteiger partial charge on any atom is -0.493 e. The number of urea groups is 1. The number of aryl methyl sites for hydroxylation is 1. The zero-order valence-electron chi connectivity index (χ0n) is 16.1. The van der Waals surface area contributed by atoms with Gasteiger partial charge in [0.25, 0.3) is 0 Å². The Kier molecular flexibility index (Phi) is 6.16. The first-order valence-electron chi connectivity index (χ1n) is 9.28. The highest BCUT2D eigenvalue weighted by Crippen LogP contribution is 2.28. The number of likely N-dealkylation sites (tertiary alicyclic amines) is 1. The molecule has 1 aromatic carbocycles. The standard InChI is InChI=1S/C19H27N5O3/c1-4-27-17-11-14(5-6-16(17)26-3)12-20-19(25)24-9-7-15(8-10-24)18-22-21-13-23(18)2/h5-6,11,13,15H,4,7-10,12H2,1-3H3,(H,20,25). The van der Waals surface area contributed by atoms with Gasteiger partial charge in [-0.05, 0) is 37.5 Å². The molecular weight excluding hydrogens is 346 g/mol. The molecule has 146 valence electrons. The Morgan fingerprint density at radius 1 is 1.30 bits per heavy atom. The highest BCUT2D eigenvalue weighted by Gasteiger charge is 2.26. The van der Waals surface area contributed by atoms with Crippen molar-refractivity contribution in [2.24, 2.45) is 7.05 Å². The van der Waals surface area contributed by atoms with Gasteiger partial charge in [-0.2, -0.15) is 0 Å². The molecule has 1 aliphatic rings. The average molecular weight is 373 g/mol. The number of hydrogen-bond donors (Lipinski definition) is 1. The van der Waals surface area contributed by atoms with Gasteiger partial charge in [0.15, 0.2) is 11.5 Å². The molecular formula is C19H27N5O3. The fraction of sp³-hybridized carbons (Fsp3) is 0.526. The molecule has 0 aliphatic carbocycles. The largest absolute Gasteiger partial charge is 0.493 e. The second-order valence-corrected chi connectivity index (χ2v) is 6.64. The lowest BCUT2D eigenvalue weighted by atomic mass is 9.96. The van der Waals surface area contributed by atoms with Crippen molar-refractivity contribution in [1.82, 2.24) is 25.0 Å². The van der Waals surface area contributed by atoms with E-state index in [0.717, 1.165) is 37.3 Å². The van der Waals surface area contributed by atoms with Crippen molar-refractivity contribution in [2.45, 2.75) is 32.2 Å². The zero-order chi connectivity index (χ0) is 19.2. The van der Waals surface area contributed by atoms with E-state index in [0.29, 0.717) is 30.6 Å². The molecule has 2 heterocycles. The van der Waals surface area contributed by atoms with E-state index in [1.54, 1.807) is 13.4 Å². The number of methoxy groups -OCH3 is 1. The molecule has 0 saturated carbocycles. The molecule has 8 heteroatoms. The van der Waals surface area contributed by atoms with Gasteiger partial charge in [-0.3, -0.25) is 0 Å². The van der Waals surface area contributed by atoms with Crippen molar-refractivity contribution >= 4 is 6.03 Å². The summed E-state index contributed by atoms with van der Waals surface area (Å²) >= 11 is 0. The van der Waals surface area contributed by atoms with E-state index in [-0.39, 0.29) is 6.03 Å². The van der Waals surface area contributed by atoms with Gasteiger partial charge < -0.3 is 24.3 Å². The number of aromatic nitrogens is 3. The first kappa shape index (κ1) is 19.0. The van der Waals surface area contributed by atoms with E-state index >= 15 is 0 Å². The summed E-state index contributed by atoms with van der Waals surface area (Å²) in [6.45, 7) is 4.38. The van der Waals surface area contributed by atoms with Gasteiger partial charge in [0.2, 0.25) is 0 Å².